The molecule has 4 nitrogen and oxygen atoms in total. The van der Waals surface area contributed by atoms with Gasteiger partial charge in [-0.2, -0.15) is 0 Å². The fraction of sp³-hybridized carbons (Fsp3) is 0.611. The van der Waals surface area contributed by atoms with Crippen LogP contribution >= 0.6 is 0 Å². The summed E-state index contributed by atoms with van der Waals surface area (Å²) in [5, 5.41) is 3.28. The maximum atomic E-state index is 12.3. The molecule has 0 aliphatic carbocycles. The van der Waals surface area contributed by atoms with E-state index in [0.717, 1.165) is 44.8 Å². The molecule has 1 heterocycles. The van der Waals surface area contributed by atoms with Gasteiger partial charge in [0.1, 0.15) is 5.75 Å². The zero-order valence-corrected chi connectivity index (χ0v) is 14.0. The number of ether oxygens (including phenoxy) is 1. The van der Waals surface area contributed by atoms with Crippen LogP contribution in [0.15, 0.2) is 18.2 Å². The summed E-state index contributed by atoms with van der Waals surface area (Å²) >= 11 is 0. The van der Waals surface area contributed by atoms with Gasteiger partial charge in [-0.3, -0.25) is 4.79 Å². The number of piperazine rings is 1. The van der Waals surface area contributed by atoms with Crippen molar-refractivity contribution in [1.82, 2.24) is 10.2 Å². The third-order valence-electron chi connectivity index (χ3n) is 4.49. The topological polar surface area (TPSA) is 41.6 Å². The van der Waals surface area contributed by atoms with Gasteiger partial charge in [0.25, 0.3) is 0 Å². The van der Waals surface area contributed by atoms with Crippen molar-refractivity contribution in [1.29, 1.82) is 0 Å². The number of carbonyl (C=O) groups is 1. The van der Waals surface area contributed by atoms with Crippen LogP contribution in [-0.2, 0) is 11.2 Å². The summed E-state index contributed by atoms with van der Waals surface area (Å²) in [6.45, 7) is 7.83. The Kier molecular flexibility index (Phi) is 6.25. The molecular formula is C18H28N2O2. The molecule has 0 saturated carbocycles. The minimum Gasteiger partial charge on any atom is -0.496 e. The van der Waals surface area contributed by atoms with Gasteiger partial charge < -0.3 is 15.0 Å². The van der Waals surface area contributed by atoms with Gasteiger partial charge in [-0.05, 0) is 36.0 Å². The minimum absolute atomic E-state index is 0.277. The van der Waals surface area contributed by atoms with E-state index in [1.165, 1.54) is 11.1 Å². The Morgan fingerprint density at radius 1 is 1.36 bits per heavy atom. The van der Waals surface area contributed by atoms with E-state index in [1.54, 1.807) is 7.11 Å². The number of benzene rings is 1. The largest absolute Gasteiger partial charge is 0.496 e. The van der Waals surface area contributed by atoms with Crippen LogP contribution in [0.5, 0.6) is 5.75 Å². The maximum Gasteiger partial charge on any atom is 0.222 e. The molecule has 1 aromatic rings. The summed E-state index contributed by atoms with van der Waals surface area (Å²) in [5.74, 6) is 1.53. The molecule has 1 amide bonds. The van der Waals surface area contributed by atoms with Crippen LogP contribution in [0.3, 0.4) is 0 Å². The van der Waals surface area contributed by atoms with Crippen LogP contribution in [0.25, 0.3) is 0 Å². The molecule has 122 valence electrons. The average molecular weight is 304 g/mol. The molecular weight excluding hydrogens is 276 g/mol. The predicted octanol–water partition coefficient (Wildman–Crippen LogP) is 2.57. The lowest BCUT2D eigenvalue weighted by Crippen LogP contribution is -2.46. The molecule has 2 rings (SSSR count). The highest BCUT2D eigenvalue weighted by Crippen LogP contribution is 2.31. The molecule has 0 aromatic heterocycles. The molecule has 0 spiro atoms. The standard InChI is InChI=1S/C18H28N2O2/c1-4-15-6-7-17(22-3)16(13-15)14(2)5-8-18(21)20-11-9-19-10-12-20/h6-7,13-14,19H,4-5,8-12H2,1-3H3. The van der Waals surface area contributed by atoms with Gasteiger partial charge in [0, 0.05) is 32.6 Å². The van der Waals surface area contributed by atoms with E-state index in [9.17, 15) is 4.79 Å². The molecule has 4 heteroatoms. The van der Waals surface area contributed by atoms with Crippen LogP contribution in [0.2, 0.25) is 0 Å². The third-order valence-corrected chi connectivity index (χ3v) is 4.49. The molecule has 1 aliphatic heterocycles. The SMILES string of the molecule is CCc1ccc(OC)c(C(C)CCC(=O)N2CCNCC2)c1. The van der Waals surface area contributed by atoms with Gasteiger partial charge in [-0.1, -0.05) is 26.0 Å². The maximum absolute atomic E-state index is 12.3. The van der Waals surface area contributed by atoms with Crippen LogP contribution in [0, 0.1) is 0 Å². The number of rotatable bonds is 6. The Bertz CT molecular complexity index is 496. The van der Waals surface area contributed by atoms with Crippen molar-refractivity contribution in [2.75, 3.05) is 33.3 Å². The Hall–Kier alpha value is -1.55. The quantitative estimate of drug-likeness (QED) is 0.878. The molecule has 1 aromatic carbocycles. The third kappa shape index (κ3) is 4.23. The van der Waals surface area contributed by atoms with E-state index < -0.39 is 0 Å². The number of nitrogens with zero attached hydrogens (tertiary/aromatic N) is 1. The lowest BCUT2D eigenvalue weighted by molar-refractivity contribution is -0.131. The van der Waals surface area contributed by atoms with Crippen molar-refractivity contribution in [3.8, 4) is 5.75 Å². The number of hydrogen-bond acceptors (Lipinski definition) is 3. The van der Waals surface area contributed by atoms with E-state index in [-0.39, 0.29) is 5.91 Å². The Balaban J connectivity index is 1.96. The molecule has 22 heavy (non-hydrogen) atoms. The molecule has 0 bridgehead atoms. The molecule has 1 atom stereocenters. The minimum atomic E-state index is 0.277. The van der Waals surface area contributed by atoms with Crippen LogP contribution < -0.4 is 10.1 Å². The van der Waals surface area contributed by atoms with Crippen molar-refractivity contribution in [3.05, 3.63) is 29.3 Å². The first-order chi connectivity index (χ1) is 10.7. The van der Waals surface area contributed by atoms with E-state index in [2.05, 4.69) is 31.3 Å². The van der Waals surface area contributed by atoms with Crippen LogP contribution in [0.1, 0.15) is 43.7 Å². The second-order valence-corrected chi connectivity index (χ2v) is 6.00. The molecule has 0 radical (unpaired) electrons. The number of nitrogens with one attached hydrogen (secondary N) is 1. The normalized spacial score (nSPS) is 16.4. The fourth-order valence-electron chi connectivity index (χ4n) is 2.96. The van der Waals surface area contributed by atoms with Gasteiger partial charge in [0.15, 0.2) is 0 Å². The zero-order chi connectivity index (χ0) is 15.9. The highest BCUT2D eigenvalue weighted by atomic mass is 16.5. The molecule has 1 aliphatic rings. The number of aryl methyl sites for hydroxylation is 1. The lowest BCUT2D eigenvalue weighted by atomic mass is 9.93. The first-order valence-corrected chi connectivity index (χ1v) is 8.31. The Morgan fingerprint density at radius 3 is 2.73 bits per heavy atom. The number of amides is 1. The van der Waals surface area contributed by atoms with E-state index in [1.807, 2.05) is 11.0 Å². The number of carbonyl (C=O) groups excluding carboxylic acids is 1. The fourth-order valence-corrected chi connectivity index (χ4v) is 2.96. The van der Waals surface area contributed by atoms with Gasteiger partial charge in [0.2, 0.25) is 5.91 Å². The smallest absolute Gasteiger partial charge is 0.222 e. The van der Waals surface area contributed by atoms with Gasteiger partial charge in [-0.25, -0.2) is 0 Å². The van der Waals surface area contributed by atoms with E-state index in [0.29, 0.717) is 12.3 Å². The average Bonchev–Trinajstić information content (AvgIpc) is 2.59. The second-order valence-electron chi connectivity index (χ2n) is 6.00. The van der Waals surface area contributed by atoms with Crippen LogP contribution in [-0.4, -0.2) is 44.1 Å². The first kappa shape index (κ1) is 16.8. The summed E-state index contributed by atoms with van der Waals surface area (Å²) in [4.78, 5) is 14.3. The Labute approximate surface area is 133 Å². The zero-order valence-electron chi connectivity index (χ0n) is 14.0. The van der Waals surface area contributed by atoms with E-state index >= 15 is 0 Å². The lowest BCUT2D eigenvalue weighted by Gasteiger charge is -2.28. The molecule has 1 saturated heterocycles. The summed E-state index contributed by atoms with van der Waals surface area (Å²) in [5.41, 5.74) is 2.53. The number of hydrogen-bond donors (Lipinski definition) is 1. The first-order valence-electron chi connectivity index (χ1n) is 8.31. The Morgan fingerprint density at radius 2 is 2.09 bits per heavy atom. The summed E-state index contributed by atoms with van der Waals surface area (Å²) in [6.07, 6.45) is 2.50. The summed E-state index contributed by atoms with van der Waals surface area (Å²) in [6, 6.07) is 6.38. The highest BCUT2D eigenvalue weighted by molar-refractivity contribution is 5.76. The highest BCUT2D eigenvalue weighted by Gasteiger charge is 2.18. The van der Waals surface area contributed by atoms with Gasteiger partial charge in [-0.15, -0.1) is 0 Å². The monoisotopic (exact) mass is 304 g/mol. The summed E-state index contributed by atoms with van der Waals surface area (Å²) < 4.78 is 5.49. The van der Waals surface area contributed by atoms with Crippen molar-refractivity contribution < 1.29 is 9.53 Å². The summed E-state index contributed by atoms with van der Waals surface area (Å²) in [7, 11) is 1.71. The van der Waals surface area contributed by atoms with Crippen LogP contribution in [0.4, 0.5) is 0 Å². The van der Waals surface area contributed by atoms with Crippen molar-refractivity contribution in [3.63, 3.8) is 0 Å². The molecule has 1 N–H and O–H groups in total. The molecule has 1 fully saturated rings. The van der Waals surface area contributed by atoms with E-state index in [4.69, 9.17) is 4.74 Å². The van der Waals surface area contributed by atoms with Crippen molar-refractivity contribution in [2.24, 2.45) is 0 Å². The van der Waals surface area contributed by atoms with Gasteiger partial charge >= 0.3 is 0 Å². The predicted molar refractivity (Wildman–Crippen MR) is 89.5 cm³/mol. The van der Waals surface area contributed by atoms with Crippen molar-refractivity contribution in [2.45, 2.75) is 39.0 Å². The van der Waals surface area contributed by atoms with Crippen molar-refractivity contribution >= 4 is 5.91 Å². The number of methoxy groups -OCH3 is 1. The van der Waals surface area contributed by atoms with Gasteiger partial charge in [0.05, 0.1) is 7.11 Å². The second kappa shape index (κ2) is 8.18. The molecule has 1 unspecified atom stereocenters.